The molecule has 268 valence electrons. The molecule has 0 aliphatic rings. The molecule has 0 aliphatic heterocycles. The number of hydrogen-bond acceptors (Lipinski definition) is 1. The Hall–Kier alpha value is -7.48. The minimum atomic E-state index is 1.13. The van der Waals surface area contributed by atoms with Gasteiger partial charge in [0.1, 0.15) is 0 Å². The molecule has 0 atom stereocenters. The van der Waals surface area contributed by atoms with Gasteiger partial charge in [-0.3, -0.25) is 0 Å². The molecule has 1 nitrogen and oxygen atoms in total. The molecule has 0 saturated heterocycles. The summed E-state index contributed by atoms with van der Waals surface area (Å²) in [7, 11) is 0. The second kappa shape index (κ2) is 15.0. The van der Waals surface area contributed by atoms with Gasteiger partial charge >= 0.3 is 0 Å². The van der Waals surface area contributed by atoms with Gasteiger partial charge in [-0.15, -0.1) is 0 Å². The number of nitrogens with zero attached hydrogens (tertiary/aromatic N) is 1. The molecule has 0 fully saturated rings. The number of anilines is 3. The molecule has 10 aromatic rings. The van der Waals surface area contributed by atoms with E-state index < -0.39 is 0 Å². The van der Waals surface area contributed by atoms with Crippen LogP contribution in [-0.2, 0) is 0 Å². The molecule has 0 unspecified atom stereocenters. The number of fused-ring (bicyclic) bond motifs is 3. The van der Waals surface area contributed by atoms with E-state index in [1.54, 1.807) is 0 Å². The monoisotopic (exact) mass is 725 g/mol. The second-order valence-electron chi connectivity index (χ2n) is 14.5. The van der Waals surface area contributed by atoms with Gasteiger partial charge in [-0.25, -0.2) is 0 Å². The molecule has 1 heteroatoms. The second-order valence-corrected chi connectivity index (χ2v) is 14.5. The Balaban J connectivity index is 1.01. The summed E-state index contributed by atoms with van der Waals surface area (Å²) in [6.07, 6.45) is 4.48. The summed E-state index contributed by atoms with van der Waals surface area (Å²) in [5.41, 5.74) is 13.2. The van der Waals surface area contributed by atoms with Crippen LogP contribution >= 0.6 is 0 Å². The molecule has 0 heterocycles. The summed E-state index contributed by atoms with van der Waals surface area (Å²) < 4.78 is 0. The molecule has 0 N–H and O–H groups in total. The average molecular weight is 726 g/mol. The van der Waals surface area contributed by atoms with Gasteiger partial charge in [0.25, 0.3) is 0 Å². The number of hydrogen-bond donors (Lipinski definition) is 0. The number of benzene rings is 10. The predicted octanol–water partition coefficient (Wildman–Crippen LogP) is 15.8. The first-order valence-electron chi connectivity index (χ1n) is 19.6. The fourth-order valence-corrected chi connectivity index (χ4v) is 8.39. The first-order valence-corrected chi connectivity index (χ1v) is 19.6. The SMILES string of the molecule is C(=C\c1ccc(N(c2ccccc2)c2ccccc2)c2ccccc12)/c1ccc(-c2c3ccccc3c(-c3ccc(-c4ccccc4)cc3)c3ccccc23)cc1. The van der Waals surface area contributed by atoms with Crippen molar-refractivity contribution < 1.29 is 0 Å². The zero-order chi connectivity index (χ0) is 38.0. The van der Waals surface area contributed by atoms with Gasteiger partial charge in [-0.2, -0.15) is 0 Å². The Kier molecular flexibility index (Phi) is 8.95. The lowest BCUT2D eigenvalue weighted by Gasteiger charge is -2.27. The summed E-state index contributed by atoms with van der Waals surface area (Å²) in [6.45, 7) is 0. The Morgan fingerprint density at radius 3 is 1.16 bits per heavy atom. The van der Waals surface area contributed by atoms with Gasteiger partial charge in [-0.1, -0.05) is 206 Å². The zero-order valence-corrected chi connectivity index (χ0v) is 31.5. The van der Waals surface area contributed by atoms with Crippen molar-refractivity contribution in [3.63, 3.8) is 0 Å². The van der Waals surface area contributed by atoms with E-state index in [9.17, 15) is 0 Å². The molecule has 0 aliphatic carbocycles. The predicted molar refractivity (Wildman–Crippen MR) is 245 cm³/mol. The smallest absolute Gasteiger partial charge is 0.0540 e. The van der Waals surface area contributed by atoms with Gasteiger partial charge in [0.05, 0.1) is 5.69 Å². The van der Waals surface area contributed by atoms with E-state index in [4.69, 9.17) is 0 Å². The van der Waals surface area contributed by atoms with Crippen molar-refractivity contribution in [1.82, 2.24) is 0 Å². The molecule has 57 heavy (non-hydrogen) atoms. The summed E-state index contributed by atoms with van der Waals surface area (Å²) in [4.78, 5) is 2.34. The molecule has 0 aromatic heterocycles. The molecular weight excluding hydrogens is 687 g/mol. The Morgan fingerprint density at radius 2 is 0.649 bits per heavy atom. The van der Waals surface area contributed by atoms with Gasteiger partial charge in [0.2, 0.25) is 0 Å². The Bertz CT molecular complexity index is 2920. The maximum Gasteiger partial charge on any atom is 0.0540 e. The number of para-hydroxylation sites is 2. The third-order valence-electron chi connectivity index (χ3n) is 11.1. The van der Waals surface area contributed by atoms with Crippen LogP contribution in [0, 0.1) is 0 Å². The molecule has 10 rings (SSSR count). The Morgan fingerprint density at radius 1 is 0.263 bits per heavy atom. The van der Waals surface area contributed by atoms with E-state index >= 15 is 0 Å². The lowest BCUT2D eigenvalue weighted by molar-refractivity contribution is 1.30. The summed E-state index contributed by atoms with van der Waals surface area (Å²) >= 11 is 0. The fraction of sp³-hybridized carbons (Fsp3) is 0. The Labute approximate surface area is 334 Å². The molecule has 10 aromatic carbocycles. The third kappa shape index (κ3) is 6.46. The van der Waals surface area contributed by atoms with Crippen molar-refractivity contribution in [3.05, 3.63) is 236 Å². The van der Waals surface area contributed by atoms with Crippen molar-refractivity contribution in [1.29, 1.82) is 0 Å². The van der Waals surface area contributed by atoms with Crippen LogP contribution in [0.15, 0.2) is 224 Å². The van der Waals surface area contributed by atoms with Crippen LogP contribution in [0.5, 0.6) is 0 Å². The van der Waals surface area contributed by atoms with Gasteiger partial charge in [-0.05, 0) is 102 Å². The summed E-state index contributed by atoms with van der Waals surface area (Å²) in [5, 5.41) is 7.46. The summed E-state index contributed by atoms with van der Waals surface area (Å²) in [5.74, 6) is 0. The zero-order valence-electron chi connectivity index (χ0n) is 31.5. The largest absolute Gasteiger partial charge is 0.310 e. The van der Waals surface area contributed by atoms with Crippen LogP contribution in [0.3, 0.4) is 0 Å². The van der Waals surface area contributed by atoms with Crippen molar-refractivity contribution >= 4 is 61.5 Å². The van der Waals surface area contributed by atoms with Gasteiger partial charge in [0.15, 0.2) is 0 Å². The minimum Gasteiger partial charge on any atom is -0.310 e. The average Bonchev–Trinajstić information content (AvgIpc) is 3.29. The highest BCUT2D eigenvalue weighted by molar-refractivity contribution is 6.21. The van der Waals surface area contributed by atoms with Crippen molar-refractivity contribution in [3.8, 4) is 33.4 Å². The van der Waals surface area contributed by atoms with Gasteiger partial charge < -0.3 is 4.90 Å². The van der Waals surface area contributed by atoms with Crippen molar-refractivity contribution in [2.75, 3.05) is 4.90 Å². The van der Waals surface area contributed by atoms with Crippen LogP contribution in [-0.4, -0.2) is 0 Å². The molecule has 0 amide bonds. The van der Waals surface area contributed by atoms with Crippen LogP contribution < -0.4 is 4.90 Å². The molecular formula is C56H39N. The molecule has 0 radical (unpaired) electrons. The normalized spacial score (nSPS) is 11.4. The molecule has 0 bridgehead atoms. The van der Waals surface area contributed by atoms with E-state index in [1.165, 1.54) is 71.3 Å². The highest BCUT2D eigenvalue weighted by atomic mass is 15.1. The molecule has 0 spiro atoms. The lowest BCUT2D eigenvalue weighted by Crippen LogP contribution is -2.10. The first-order chi connectivity index (χ1) is 28.3. The number of rotatable bonds is 8. The first kappa shape index (κ1) is 34.0. The van der Waals surface area contributed by atoms with E-state index in [1.807, 2.05) is 0 Å². The highest BCUT2D eigenvalue weighted by Crippen LogP contribution is 2.44. The molecule has 0 saturated carbocycles. The summed E-state index contributed by atoms with van der Waals surface area (Å²) in [6, 6.07) is 80.9. The van der Waals surface area contributed by atoms with Gasteiger partial charge in [0, 0.05) is 16.8 Å². The quantitative estimate of drug-likeness (QED) is 0.111. The van der Waals surface area contributed by atoms with E-state index in [0.717, 1.165) is 22.6 Å². The van der Waals surface area contributed by atoms with Crippen molar-refractivity contribution in [2.45, 2.75) is 0 Å². The van der Waals surface area contributed by atoms with Crippen LogP contribution in [0.25, 0.3) is 77.9 Å². The van der Waals surface area contributed by atoms with E-state index in [-0.39, 0.29) is 0 Å². The maximum atomic E-state index is 2.34. The standard InChI is InChI=1S/C56H39N/c1-4-16-41(17-5-1)42-34-36-45(37-35-42)56-52-26-14-12-24-50(52)55(51-25-13-15-27-53(51)56)44-32-29-40(30-33-44)28-31-43-38-39-54(49-23-11-10-22-48(43)49)57(46-18-6-2-7-19-46)47-20-8-3-9-21-47/h1-39H/b31-28+. The third-order valence-corrected chi connectivity index (χ3v) is 11.1. The van der Waals surface area contributed by atoms with Crippen LogP contribution in [0.2, 0.25) is 0 Å². The highest BCUT2D eigenvalue weighted by Gasteiger charge is 2.18. The van der Waals surface area contributed by atoms with E-state index in [2.05, 4.69) is 242 Å². The lowest BCUT2D eigenvalue weighted by atomic mass is 9.85. The van der Waals surface area contributed by atoms with E-state index in [0.29, 0.717) is 0 Å². The van der Waals surface area contributed by atoms with Crippen LogP contribution in [0.1, 0.15) is 11.1 Å². The fourth-order valence-electron chi connectivity index (χ4n) is 8.39. The minimum absolute atomic E-state index is 1.13. The van der Waals surface area contributed by atoms with Crippen molar-refractivity contribution in [2.24, 2.45) is 0 Å². The maximum absolute atomic E-state index is 2.34. The van der Waals surface area contributed by atoms with Crippen LogP contribution in [0.4, 0.5) is 17.1 Å². The topological polar surface area (TPSA) is 3.24 Å².